The number of H-pyrrole nitrogens is 1. The fraction of sp³-hybridized carbons (Fsp3) is 0.462. The standard InChI is InChI=1S/C26H29N5O7/c1-2-34-26(33)31-7-8-35-16(11-31)9-28-25(32)17-10-27-23-21(17)29-13-30-22(23)20-18(36-12-15-3-4-15)5-6-19-24(20)38-14-37-19/h5-6,10,13,15-16,27H,2-4,7-9,11-12,14H2,1H3,(H,28,32). The topological polar surface area (TPSA) is 137 Å². The van der Waals surface area contributed by atoms with E-state index in [4.69, 9.17) is 23.7 Å². The maximum Gasteiger partial charge on any atom is 0.409 e. The normalized spacial score (nSPS) is 18.4. The first-order chi connectivity index (χ1) is 18.6. The average molecular weight is 524 g/mol. The quantitative estimate of drug-likeness (QED) is 0.457. The summed E-state index contributed by atoms with van der Waals surface area (Å²) in [7, 11) is 0. The van der Waals surface area contributed by atoms with Crippen LogP contribution >= 0.6 is 0 Å². The zero-order chi connectivity index (χ0) is 26.1. The van der Waals surface area contributed by atoms with Crippen LogP contribution in [0.15, 0.2) is 24.7 Å². The number of carbonyl (C=O) groups is 2. The van der Waals surface area contributed by atoms with E-state index in [2.05, 4.69) is 20.3 Å². The molecule has 2 aliphatic heterocycles. The number of carbonyl (C=O) groups excluding carboxylic acids is 2. The summed E-state index contributed by atoms with van der Waals surface area (Å²) in [6.45, 7) is 4.20. The number of hydrogen-bond acceptors (Lipinski definition) is 9. The lowest BCUT2D eigenvalue weighted by Crippen LogP contribution is -2.49. The number of amides is 2. The van der Waals surface area contributed by atoms with E-state index >= 15 is 0 Å². The third kappa shape index (κ3) is 4.78. The number of aromatic amines is 1. The van der Waals surface area contributed by atoms with Crippen LogP contribution in [0.1, 0.15) is 30.1 Å². The SMILES string of the molecule is CCOC(=O)N1CCOC(CNC(=O)c2c[nH]c3c(-c4c(OCC5CC5)ccc5c4OCO5)ncnc23)C1. The molecule has 2 amide bonds. The lowest BCUT2D eigenvalue weighted by molar-refractivity contribution is -0.0247. The van der Waals surface area contributed by atoms with Gasteiger partial charge in [-0.1, -0.05) is 0 Å². The summed E-state index contributed by atoms with van der Waals surface area (Å²) in [5.74, 6) is 2.05. The summed E-state index contributed by atoms with van der Waals surface area (Å²) in [5, 5.41) is 2.90. The highest BCUT2D eigenvalue weighted by atomic mass is 16.7. The smallest absolute Gasteiger partial charge is 0.409 e. The van der Waals surface area contributed by atoms with Crippen LogP contribution in [-0.2, 0) is 9.47 Å². The van der Waals surface area contributed by atoms with Gasteiger partial charge in [-0.05, 0) is 37.8 Å². The van der Waals surface area contributed by atoms with Crippen LogP contribution in [0.3, 0.4) is 0 Å². The molecular formula is C26H29N5O7. The number of benzene rings is 1. The number of nitrogens with one attached hydrogen (secondary N) is 2. The number of hydrogen-bond donors (Lipinski definition) is 2. The molecule has 2 fully saturated rings. The zero-order valence-electron chi connectivity index (χ0n) is 21.0. The first-order valence-corrected chi connectivity index (χ1v) is 12.8. The Morgan fingerprint density at radius 2 is 2.13 bits per heavy atom. The van der Waals surface area contributed by atoms with Gasteiger partial charge in [0, 0.05) is 19.3 Å². The summed E-state index contributed by atoms with van der Waals surface area (Å²) in [5.41, 5.74) is 2.64. The van der Waals surface area contributed by atoms with Crippen LogP contribution in [0.5, 0.6) is 17.2 Å². The van der Waals surface area contributed by atoms with Gasteiger partial charge >= 0.3 is 6.09 Å². The van der Waals surface area contributed by atoms with Gasteiger partial charge < -0.3 is 38.9 Å². The van der Waals surface area contributed by atoms with E-state index in [1.54, 1.807) is 18.0 Å². The lowest BCUT2D eigenvalue weighted by atomic mass is 10.1. The molecule has 1 aliphatic carbocycles. The Hall–Kier alpha value is -4.06. The predicted molar refractivity (Wildman–Crippen MR) is 134 cm³/mol. The van der Waals surface area contributed by atoms with Crippen molar-refractivity contribution in [3.63, 3.8) is 0 Å². The molecule has 2 aromatic heterocycles. The van der Waals surface area contributed by atoms with Gasteiger partial charge in [-0.2, -0.15) is 0 Å². The van der Waals surface area contributed by atoms with Crippen LogP contribution < -0.4 is 19.5 Å². The molecule has 0 bridgehead atoms. The molecule has 3 aliphatic rings. The molecule has 38 heavy (non-hydrogen) atoms. The molecule has 0 spiro atoms. The van der Waals surface area contributed by atoms with Crippen molar-refractivity contribution in [1.82, 2.24) is 25.2 Å². The maximum atomic E-state index is 13.1. The van der Waals surface area contributed by atoms with Gasteiger partial charge in [0.2, 0.25) is 6.79 Å². The van der Waals surface area contributed by atoms with Gasteiger partial charge in [-0.15, -0.1) is 0 Å². The van der Waals surface area contributed by atoms with Crippen molar-refractivity contribution in [2.24, 2.45) is 5.92 Å². The van der Waals surface area contributed by atoms with E-state index in [0.29, 0.717) is 83.9 Å². The molecule has 12 heteroatoms. The van der Waals surface area contributed by atoms with E-state index in [1.807, 2.05) is 12.1 Å². The van der Waals surface area contributed by atoms with Crippen LogP contribution in [-0.4, -0.2) is 84.2 Å². The minimum atomic E-state index is -0.379. The Balaban J connectivity index is 1.23. The highest BCUT2D eigenvalue weighted by Crippen LogP contribution is 2.48. The van der Waals surface area contributed by atoms with Crippen LogP contribution in [0.25, 0.3) is 22.3 Å². The van der Waals surface area contributed by atoms with E-state index in [1.165, 1.54) is 19.2 Å². The molecule has 6 rings (SSSR count). The molecule has 4 heterocycles. The van der Waals surface area contributed by atoms with Gasteiger partial charge in [-0.25, -0.2) is 14.8 Å². The Morgan fingerprint density at radius 1 is 1.24 bits per heavy atom. The third-order valence-electron chi connectivity index (χ3n) is 6.77. The number of nitrogens with zero attached hydrogens (tertiary/aromatic N) is 3. The number of ether oxygens (including phenoxy) is 5. The number of aromatic nitrogens is 3. The fourth-order valence-corrected chi connectivity index (χ4v) is 4.62. The summed E-state index contributed by atoms with van der Waals surface area (Å²) in [6.07, 6.45) is 4.64. The molecule has 3 aromatic rings. The van der Waals surface area contributed by atoms with Crippen LogP contribution in [0, 0.1) is 5.92 Å². The summed E-state index contributed by atoms with van der Waals surface area (Å²) < 4.78 is 28.3. The first-order valence-electron chi connectivity index (χ1n) is 12.8. The predicted octanol–water partition coefficient (Wildman–Crippen LogP) is 2.73. The largest absolute Gasteiger partial charge is 0.492 e. The molecule has 2 N–H and O–H groups in total. The Bertz CT molecular complexity index is 1360. The fourth-order valence-electron chi connectivity index (χ4n) is 4.62. The van der Waals surface area contributed by atoms with Crippen molar-refractivity contribution < 1.29 is 33.3 Å². The van der Waals surface area contributed by atoms with Gasteiger partial charge in [0.25, 0.3) is 5.91 Å². The van der Waals surface area contributed by atoms with Crippen molar-refractivity contribution in [2.75, 3.05) is 46.2 Å². The molecule has 1 aromatic carbocycles. The number of rotatable bonds is 8. The van der Waals surface area contributed by atoms with Crippen LogP contribution in [0.4, 0.5) is 4.79 Å². The monoisotopic (exact) mass is 523 g/mol. The van der Waals surface area contributed by atoms with E-state index in [9.17, 15) is 9.59 Å². The Morgan fingerprint density at radius 3 is 2.97 bits per heavy atom. The Kier molecular flexibility index (Phi) is 6.62. The summed E-state index contributed by atoms with van der Waals surface area (Å²) in [6, 6.07) is 3.69. The molecule has 0 radical (unpaired) electrons. The second-order valence-corrected chi connectivity index (χ2v) is 9.42. The minimum Gasteiger partial charge on any atom is -0.492 e. The van der Waals surface area contributed by atoms with Gasteiger partial charge in [0.1, 0.15) is 23.3 Å². The molecule has 1 unspecified atom stereocenters. The minimum absolute atomic E-state index is 0.109. The van der Waals surface area contributed by atoms with Crippen molar-refractivity contribution in [3.05, 3.63) is 30.2 Å². The number of fused-ring (bicyclic) bond motifs is 2. The molecule has 200 valence electrons. The summed E-state index contributed by atoms with van der Waals surface area (Å²) in [4.78, 5) is 38.9. The second-order valence-electron chi connectivity index (χ2n) is 9.42. The molecule has 1 saturated carbocycles. The molecule has 12 nitrogen and oxygen atoms in total. The highest BCUT2D eigenvalue weighted by molar-refractivity contribution is 6.08. The van der Waals surface area contributed by atoms with Crippen molar-refractivity contribution in [2.45, 2.75) is 25.9 Å². The average Bonchev–Trinajstić information content (AvgIpc) is 3.46. The third-order valence-corrected chi connectivity index (χ3v) is 6.77. The van der Waals surface area contributed by atoms with Gasteiger partial charge in [0.05, 0.1) is 49.1 Å². The molecule has 1 atom stereocenters. The van der Waals surface area contributed by atoms with Crippen LogP contribution in [0.2, 0.25) is 0 Å². The van der Waals surface area contributed by atoms with Crippen molar-refractivity contribution in [1.29, 1.82) is 0 Å². The number of morpholine rings is 1. The highest BCUT2D eigenvalue weighted by Gasteiger charge is 2.30. The van der Waals surface area contributed by atoms with E-state index < -0.39 is 0 Å². The van der Waals surface area contributed by atoms with E-state index in [-0.39, 0.29) is 31.4 Å². The van der Waals surface area contributed by atoms with Gasteiger partial charge in [0.15, 0.2) is 11.5 Å². The van der Waals surface area contributed by atoms with Crippen molar-refractivity contribution in [3.8, 4) is 28.5 Å². The Labute approximate surface area is 218 Å². The zero-order valence-corrected chi connectivity index (χ0v) is 21.0. The molecular weight excluding hydrogens is 494 g/mol. The summed E-state index contributed by atoms with van der Waals surface area (Å²) >= 11 is 0. The molecule has 1 saturated heterocycles. The lowest BCUT2D eigenvalue weighted by Gasteiger charge is -2.32. The van der Waals surface area contributed by atoms with Gasteiger partial charge in [-0.3, -0.25) is 4.79 Å². The van der Waals surface area contributed by atoms with E-state index in [0.717, 1.165) is 0 Å². The maximum absolute atomic E-state index is 13.1. The first kappa shape index (κ1) is 24.3. The van der Waals surface area contributed by atoms with Crippen molar-refractivity contribution >= 4 is 23.0 Å². The second kappa shape index (κ2) is 10.4.